The van der Waals surface area contributed by atoms with Crippen molar-refractivity contribution in [2.45, 2.75) is 24.7 Å². The van der Waals surface area contributed by atoms with Gasteiger partial charge in [0.05, 0.1) is 10.8 Å². The van der Waals surface area contributed by atoms with E-state index in [2.05, 4.69) is 5.32 Å². The van der Waals surface area contributed by atoms with E-state index >= 15 is 0 Å². The molecule has 0 saturated carbocycles. The van der Waals surface area contributed by atoms with Crippen molar-refractivity contribution < 1.29 is 27.9 Å². The summed E-state index contributed by atoms with van der Waals surface area (Å²) < 4.78 is 25.5. The molecule has 0 unspecified atom stereocenters. The lowest BCUT2D eigenvalue weighted by molar-refractivity contribution is -0.313. The lowest BCUT2D eigenvalue weighted by Gasteiger charge is -2.28. The van der Waals surface area contributed by atoms with Crippen LogP contribution in [0.5, 0.6) is 0 Å². The summed E-state index contributed by atoms with van der Waals surface area (Å²) in [7, 11) is -3.95. The molecular formula is C16H17N2O6S-. The Morgan fingerprint density at radius 3 is 2.12 bits per heavy atom. The molecule has 9 heteroatoms. The second-order valence-electron chi connectivity index (χ2n) is 5.65. The Morgan fingerprint density at radius 1 is 1.04 bits per heavy atom. The number of anilines is 1. The molecule has 8 nitrogen and oxygen atoms in total. The minimum absolute atomic E-state index is 0.131. The summed E-state index contributed by atoms with van der Waals surface area (Å²) in [5, 5.41) is 13.7. The number of rotatable bonds is 5. The zero-order valence-corrected chi connectivity index (χ0v) is 14.2. The fourth-order valence-corrected chi connectivity index (χ4v) is 3.56. The second kappa shape index (κ2) is 7.47. The Morgan fingerprint density at radius 2 is 1.60 bits per heavy atom. The van der Waals surface area contributed by atoms with Gasteiger partial charge in [-0.05, 0) is 37.1 Å². The SMILES string of the molecule is CC(=O)NS(=O)(=O)c1ccc(NC(=O)[C@@H]2CC=CC[C@H]2C(=O)[O-])cc1. The van der Waals surface area contributed by atoms with Crippen molar-refractivity contribution in [2.24, 2.45) is 11.8 Å². The highest BCUT2D eigenvalue weighted by Gasteiger charge is 2.29. The summed E-state index contributed by atoms with van der Waals surface area (Å²) in [5.41, 5.74) is 0.318. The van der Waals surface area contributed by atoms with E-state index in [0.29, 0.717) is 12.1 Å². The number of sulfonamides is 1. The van der Waals surface area contributed by atoms with E-state index in [0.717, 1.165) is 6.92 Å². The van der Waals surface area contributed by atoms with Gasteiger partial charge in [0.15, 0.2) is 0 Å². The standard InChI is InChI=1S/C16H18N2O6S/c1-10(19)18-25(23,24)12-8-6-11(7-9-12)17-15(20)13-4-2-3-5-14(13)16(21)22/h2-3,6-9,13-14H,4-5H2,1H3,(H,17,20)(H,18,19)(H,21,22)/p-1/t13-,14-/m1/s1. The Kier molecular flexibility index (Phi) is 5.58. The zero-order valence-electron chi connectivity index (χ0n) is 13.4. The third kappa shape index (κ3) is 4.66. The van der Waals surface area contributed by atoms with E-state index in [4.69, 9.17) is 0 Å². The summed E-state index contributed by atoms with van der Waals surface area (Å²) in [4.78, 5) is 34.2. The molecule has 2 N–H and O–H groups in total. The smallest absolute Gasteiger partial charge is 0.264 e. The van der Waals surface area contributed by atoms with Gasteiger partial charge in [-0.15, -0.1) is 0 Å². The van der Waals surface area contributed by atoms with Crippen LogP contribution in [0.25, 0.3) is 0 Å². The van der Waals surface area contributed by atoms with Gasteiger partial charge < -0.3 is 15.2 Å². The van der Waals surface area contributed by atoms with E-state index in [9.17, 15) is 27.9 Å². The van der Waals surface area contributed by atoms with E-state index in [1.165, 1.54) is 24.3 Å². The molecule has 134 valence electrons. The van der Waals surface area contributed by atoms with Crippen molar-refractivity contribution in [1.82, 2.24) is 4.72 Å². The summed E-state index contributed by atoms with van der Waals surface area (Å²) >= 11 is 0. The minimum Gasteiger partial charge on any atom is -0.550 e. The Hall–Kier alpha value is -2.68. The van der Waals surface area contributed by atoms with Gasteiger partial charge in [0.25, 0.3) is 10.0 Å². The lowest BCUT2D eigenvalue weighted by atomic mass is 9.82. The van der Waals surface area contributed by atoms with Crippen LogP contribution in [0.3, 0.4) is 0 Å². The number of carbonyl (C=O) groups excluding carboxylic acids is 3. The van der Waals surface area contributed by atoms with Crippen LogP contribution in [-0.2, 0) is 24.4 Å². The van der Waals surface area contributed by atoms with Gasteiger partial charge in [0.2, 0.25) is 11.8 Å². The van der Waals surface area contributed by atoms with Crippen molar-refractivity contribution in [2.75, 3.05) is 5.32 Å². The summed E-state index contributed by atoms with van der Waals surface area (Å²) in [6, 6.07) is 5.19. The minimum atomic E-state index is -3.95. The molecule has 0 radical (unpaired) electrons. The molecule has 1 aliphatic rings. The molecule has 0 fully saturated rings. The van der Waals surface area contributed by atoms with E-state index in [-0.39, 0.29) is 11.3 Å². The molecule has 2 amide bonds. The van der Waals surface area contributed by atoms with Gasteiger partial charge in [0.1, 0.15) is 0 Å². The number of carboxylic acid groups (broad SMARTS) is 1. The Labute approximate surface area is 145 Å². The van der Waals surface area contributed by atoms with Crippen LogP contribution in [0.2, 0.25) is 0 Å². The van der Waals surface area contributed by atoms with E-state index in [1.54, 1.807) is 12.2 Å². The molecule has 0 aromatic heterocycles. The topological polar surface area (TPSA) is 132 Å². The first kappa shape index (κ1) is 18.7. The maximum atomic E-state index is 12.3. The van der Waals surface area contributed by atoms with Crippen LogP contribution in [0.1, 0.15) is 19.8 Å². The fraction of sp³-hybridized carbons (Fsp3) is 0.312. The van der Waals surface area contributed by atoms with Gasteiger partial charge in [0, 0.05) is 24.5 Å². The molecular weight excluding hydrogens is 348 g/mol. The number of amides is 2. The van der Waals surface area contributed by atoms with Crippen LogP contribution < -0.4 is 15.1 Å². The van der Waals surface area contributed by atoms with Crippen molar-refractivity contribution in [1.29, 1.82) is 0 Å². The lowest BCUT2D eigenvalue weighted by Crippen LogP contribution is -2.41. The summed E-state index contributed by atoms with van der Waals surface area (Å²) in [5.74, 6) is -4.12. The number of benzene rings is 1. The molecule has 0 heterocycles. The number of carboxylic acids is 1. The number of carbonyl (C=O) groups is 3. The average molecular weight is 365 g/mol. The Bertz CT molecular complexity index is 814. The number of nitrogens with one attached hydrogen (secondary N) is 2. The van der Waals surface area contributed by atoms with E-state index in [1.807, 2.05) is 4.72 Å². The summed E-state index contributed by atoms with van der Waals surface area (Å²) in [6.07, 6.45) is 3.96. The molecule has 0 saturated heterocycles. The molecule has 2 atom stereocenters. The van der Waals surface area contributed by atoms with Crippen molar-refractivity contribution in [3.63, 3.8) is 0 Å². The number of aliphatic carboxylic acids is 1. The average Bonchev–Trinajstić information content (AvgIpc) is 2.54. The van der Waals surface area contributed by atoms with Gasteiger partial charge in [-0.25, -0.2) is 13.1 Å². The summed E-state index contributed by atoms with van der Waals surface area (Å²) in [6.45, 7) is 1.08. The van der Waals surface area contributed by atoms with E-state index < -0.39 is 39.6 Å². The normalized spacial score (nSPS) is 19.9. The van der Waals surface area contributed by atoms with Gasteiger partial charge >= 0.3 is 0 Å². The maximum absolute atomic E-state index is 12.3. The maximum Gasteiger partial charge on any atom is 0.264 e. The van der Waals surface area contributed by atoms with Crippen LogP contribution >= 0.6 is 0 Å². The largest absolute Gasteiger partial charge is 0.550 e. The highest BCUT2D eigenvalue weighted by molar-refractivity contribution is 7.90. The molecule has 25 heavy (non-hydrogen) atoms. The third-order valence-corrected chi connectivity index (χ3v) is 5.23. The highest BCUT2D eigenvalue weighted by atomic mass is 32.2. The molecule has 1 aliphatic carbocycles. The van der Waals surface area contributed by atoms with Crippen LogP contribution in [-0.4, -0.2) is 26.2 Å². The molecule has 1 aromatic carbocycles. The first-order valence-corrected chi connectivity index (χ1v) is 8.99. The third-order valence-electron chi connectivity index (χ3n) is 3.78. The van der Waals surface area contributed by atoms with Gasteiger partial charge in [-0.2, -0.15) is 0 Å². The van der Waals surface area contributed by atoms with Crippen molar-refractivity contribution in [3.8, 4) is 0 Å². The second-order valence-corrected chi connectivity index (χ2v) is 7.33. The van der Waals surface area contributed by atoms with Crippen LogP contribution in [0.15, 0.2) is 41.3 Å². The van der Waals surface area contributed by atoms with Crippen molar-refractivity contribution in [3.05, 3.63) is 36.4 Å². The molecule has 0 bridgehead atoms. The highest BCUT2D eigenvalue weighted by Crippen LogP contribution is 2.26. The van der Waals surface area contributed by atoms with Crippen molar-refractivity contribution >= 4 is 33.5 Å². The predicted octanol–water partition coefficient (Wildman–Crippen LogP) is -0.218. The number of hydrogen-bond donors (Lipinski definition) is 2. The first-order chi connectivity index (χ1) is 11.7. The fourth-order valence-electron chi connectivity index (χ4n) is 2.56. The van der Waals surface area contributed by atoms with Gasteiger partial charge in [-0.1, -0.05) is 12.2 Å². The van der Waals surface area contributed by atoms with Crippen LogP contribution in [0.4, 0.5) is 5.69 Å². The van der Waals surface area contributed by atoms with Crippen LogP contribution in [0, 0.1) is 11.8 Å². The molecule has 2 rings (SSSR count). The molecule has 1 aromatic rings. The Balaban J connectivity index is 2.10. The first-order valence-electron chi connectivity index (χ1n) is 7.51. The number of hydrogen-bond acceptors (Lipinski definition) is 6. The molecule has 0 aliphatic heterocycles. The monoisotopic (exact) mass is 365 g/mol. The zero-order chi connectivity index (χ0) is 18.6. The molecule has 0 spiro atoms. The quantitative estimate of drug-likeness (QED) is 0.693. The van der Waals surface area contributed by atoms with Gasteiger partial charge in [-0.3, -0.25) is 9.59 Å². The number of allylic oxidation sites excluding steroid dienone is 2. The predicted molar refractivity (Wildman–Crippen MR) is 86.4 cm³/mol.